The van der Waals surface area contributed by atoms with Crippen LogP contribution in [0, 0.1) is 5.41 Å². The van der Waals surface area contributed by atoms with Crippen molar-refractivity contribution < 1.29 is 14.6 Å². The Balaban J connectivity index is 2.86. The van der Waals surface area contributed by atoms with Crippen molar-refractivity contribution in [2.75, 3.05) is 18.1 Å². The highest BCUT2D eigenvalue weighted by Crippen LogP contribution is 2.23. The van der Waals surface area contributed by atoms with Gasteiger partial charge in [-0.1, -0.05) is 29.5 Å². The summed E-state index contributed by atoms with van der Waals surface area (Å²) in [6, 6.07) is 7.44. The zero-order valence-electron chi connectivity index (χ0n) is 14.8. The highest BCUT2D eigenvalue weighted by atomic mass is 127. The summed E-state index contributed by atoms with van der Waals surface area (Å²) in [6.07, 6.45) is 3.95. The molecule has 0 amide bonds. The van der Waals surface area contributed by atoms with E-state index in [2.05, 4.69) is 29.5 Å². The molecule has 1 aromatic rings. The SMILES string of the molecule is CC[C@H](CCCI)Oc1ccc(/C(O)=C(\CCOC)C(C)=N)cc1. The topological polar surface area (TPSA) is 62.5 Å². The van der Waals surface area contributed by atoms with Gasteiger partial charge in [-0.15, -0.1) is 0 Å². The van der Waals surface area contributed by atoms with E-state index in [0.29, 0.717) is 29.9 Å². The van der Waals surface area contributed by atoms with Crippen LogP contribution >= 0.6 is 22.6 Å². The molecule has 0 bridgehead atoms. The van der Waals surface area contributed by atoms with Crippen molar-refractivity contribution in [3.63, 3.8) is 0 Å². The number of methoxy groups -OCH3 is 1. The second-order valence-electron chi connectivity index (χ2n) is 5.70. The summed E-state index contributed by atoms with van der Waals surface area (Å²) in [5, 5.41) is 18.3. The van der Waals surface area contributed by atoms with Crippen LogP contribution in [0.25, 0.3) is 5.76 Å². The van der Waals surface area contributed by atoms with Gasteiger partial charge in [-0.25, -0.2) is 0 Å². The lowest BCUT2D eigenvalue weighted by molar-refractivity contribution is 0.186. The molecular formula is C19H28INO3. The number of nitrogens with one attached hydrogen (secondary N) is 1. The van der Waals surface area contributed by atoms with E-state index in [1.807, 2.05) is 24.3 Å². The van der Waals surface area contributed by atoms with Gasteiger partial charge in [0.15, 0.2) is 0 Å². The lowest BCUT2D eigenvalue weighted by atomic mass is 10.0. The summed E-state index contributed by atoms with van der Waals surface area (Å²) in [5.41, 5.74) is 1.66. The van der Waals surface area contributed by atoms with Gasteiger partial charge in [0.25, 0.3) is 0 Å². The number of aliphatic hydroxyl groups excluding tert-OH is 1. The van der Waals surface area contributed by atoms with Gasteiger partial charge < -0.3 is 20.0 Å². The highest BCUT2D eigenvalue weighted by molar-refractivity contribution is 14.1. The first-order valence-electron chi connectivity index (χ1n) is 8.33. The fourth-order valence-electron chi connectivity index (χ4n) is 2.40. The fourth-order valence-corrected chi connectivity index (χ4v) is 2.84. The van der Waals surface area contributed by atoms with E-state index in [1.165, 1.54) is 0 Å². The Morgan fingerprint density at radius 3 is 2.46 bits per heavy atom. The lowest BCUT2D eigenvalue weighted by Gasteiger charge is -2.17. The molecule has 1 rings (SSSR count). The standard InChI is InChI=1S/C19H28INO3/c1-4-16(6-5-12-20)24-17-9-7-15(8-10-17)19(22)18(14(2)21)11-13-23-3/h7-10,16,21-22H,4-6,11-13H2,1-3H3/b19-18-,21-14?/t16-/m1/s1. The van der Waals surface area contributed by atoms with Crippen LogP contribution in [0.1, 0.15) is 45.1 Å². The third-order valence-electron chi connectivity index (χ3n) is 3.84. The normalized spacial score (nSPS) is 13.3. The fraction of sp³-hybridized carbons (Fsp3) is 0.526. The first-order chi connectivity index (χ1) is 11.5. The maximum Gasteiger partial charge on any atom is 0.127 e. The van der Waals surface area contributed by atoms with Crippen LogP contribution in [-0.2, 0) is 4.74 Å². The quantitative estimate of drug-likeness (QED) is 0.207. The molecule has 24 heavy (non-hydrogen) atoms. The molecule has 4 nitrogen and oxygen atoms in total. The highest BCUT2D eigenvalue weighted by Gasteiger charge is 2.12. The van der Waals surface area contributed by atoms with Crippen LogP contribution in [0.2, 0.25) is 0 Å². The summed E-state index contributed by atoms with van der Waals surface area (Å²) in [5.74, 6) is 0.958. The number of hydrogen-bond donors (Lipinski definition) is 2. The van der Waals surface area contributed by atoms with Gasteiger partial charge in [0.2, 0.25) is 0 Å². The summed E-state index contributed by atoms with van der Waals surface area (Å²) < 4.78 is 12.2. The minimum absolute atomic E-state index is 0.142. The zero-order chi connectivity index (χ0) is 17.9. The minimum atomic E-state index is 0.142. The van der Waals surface area contributed by atoms with Gasteiger partial charge in [0.05, 0.1) is 12.7 Å². The third kappa shape index (κ3) is 6.81. The zero-order valence-corrected chi connectivity index (χ0v) is 16.9. The van der Waals surface area contributed by atoms with E-state index in [-0.39, 0.29) is 11.9 Å². The Bertz CT molecular complexity index is 540. The molecule has 0 unspecified atom stereocenters. The van der Waals surface area contributed by atoms with E-state index >= 15 is 0 Å². The molecule has 0 aliphatic carbocycles. The van der Waals surface area contributed by atoms with Crippen molar-refractivity contribution in [1.82, 2.24) is 0 Å². The Labute approximate surface area is 158 Å². The Morgan fingerprint density at radius 1 is 1.29 bits per heavy atom. The second-order valence-corrected chi connectivity index (χ2v) is 6.78. The van der Waals surface area contributed by atoms with Crippen molar-refractivity contribution in [3.05, 3.63) is 35.4 Å². The molecule has 1 atom stereocenters. The molecule has 0 aromatic heterocycles. The monoisotopic (exact) mass is 445 g/mol. The van der Waals surface area contributed by atoms with Crippen molar-refractivity contribution >= 4 is 34.1 Å². The van der Waals surface area contributed by atoms with Gasteiger partial charge in [-0.2, -0.15) is 0 Å². The smallest absolute Gasteiger partial charge is 0.127 e. The molecule has 0 radical (unpaired) electrons. The number of hydrogen-bond acceptors (Lipinski definition) is 4. The van der Waals surface area contributed by atoms with Gasteiger partial charge in [-0.05, 0) is 54.9 Å². The maximum absolute atomic E-state index is 10.5. The van der Waals surface area contributed by atoms with Gasteiger partial charge in [0.1, 0.15) is 11.5 Å². The number of halogens is 1. The van der Waals surface area contributed by atoms with Crippen LogP contribution in [0.15, 0.2) is 29.8 Å². The first kappa shape index (κ1) is 21.0. The lowest BCUT2D eigenvalue weighted by Crippen LogP contribution is -2.15. The minimum Gasteiger partial charge on any atom is -0.507 e. The number of benzene rings is 1. The predicted octanol–water partition coefficient (Wildman–Crippen LogP) is 5.40. The van der Waals surface area contributed by atoms with Gasteiger partial charge in [0, 0.05) is 30.4 Å². The van der Waals surface area contributed by atoms with Crippen molar-refractivity contribution in [2.45, 2.75) is 45.6 Å². The number of alkyl halides is 1. The van der Waals surface area contributed by atoms with E-state index < -0.39 is 0 Å². The Kier molecular flexibility index (Phi) is 10.0. The molecule has 1 aromatic carbocycles. The molecule has 2 N–H and O–H groups in total. The Hall–Kier alpha value is -1.08. The van der Waals surface area contributed by atoms with Crippen LogP contribution in [-0.4, -0.2) is 35.1 Å². The van der Waals surface area contributed by atoms with Crippen LogP contribution in [0.4, 0.5) is 0 Å². The second kappa shape index (κ2) is 11.5. The Morgan fingerprint density at radius 2 is 1.96 bits per heavy atom. The van der Waals surface area contributed by atoms with Crippen molar-refractivity contribution in [2.24, 2.45) is 0 Å². The summed E-state index contributed by atoms with van der Waals surface area (Å²) in [7, 11) is 1.61. The number of ether oxygens (including phenoxy) is 2. The van der Waals surface area contributed by atoms with Crippen molar-refractivity contribution in [1.29, 1.82) is 5.41 Å². The van der Waals surface area contributed by atoms with Gasteiger partial charge in [-0.3, -0.25) is 0 Å². The number of aliphatic hydroxyl groups is 1. The van der Waals surface area contributed by atoms with Gasteiger partial charge >= 0.3 is 0 Å². The van der Waals surface area contributed by atoms with E-state index in [4.69, 9.17) is 14.9 Å². The molecule has 0 aliphatic heterocycles. The molecule has 0 heterocycles. The molecule has 0 aliphatic rings. The molecule has 0 spiro atoms. The van der Waals surface area contributed by atoms with Crippen LogP contribution in [0.5, 0.6) is 5.75 Å². The predicted molar refractivity (Wildman–Crippen MR) is 109 cm³/mol. The molecule has 0 saturated heterocycles. The average Bonchev–Trinajstić information content (AvgIpc) is 2.59. The average molecular weight is 445 g/mol. The van der Waals surface area contributed by atoms with E-state index in [0.717, 1.165) is 29.4 Å². The maximum atomic E-state index is 10.5. The van der Waals surface area contributed by atoms with E-state index in [9.17, 15) is 5.11 Å². The largest absolute Gasteiger partial charge is 0.507 e. The third-order valence-corrected chi connectivity index (χ3v) is 4.60. The van der Waals surface area contributed by atoms with Crippen LogP contribution < -0.4 is 4.74 Å². The first-order valence-corrected chi connectivity index (χ1v) is 9.85. The summed E-state index contributed by atoms with van der Waals surface area (Å²) in [4.78, 5) is 0. The molecule has 0 fully saturated rings. The molecule has 5 heteroatoms. The number of rotatable bonds is 11. The molecule has 0 saturated carbocycles. The summed E-state index contributed by atoms with van der Waals surface area (Å²) in [6.45, 7) is 4.29. The van der Waals surface area contributed by atoms with Crippen molar-refractivity contribution in [3.8, 4) is 5.75 Å². The van der Waals surface area contributed by atoms with Crippen LogP contribution in [0.3, 0.4) is 0 Å². The van der Waals surface area contributed by atoms with E-state index in [1.54, 1.807) is 14.0 Å². The summed E-state index contributed by atoms with van der Waals surface area (Å²) >= 11 is 2.39. The molecular weight excluding hydrogens is 417 g/mol. The molecule has 134 valence electrons.